The minimum Gasteiger partial charge on any atom is -0.490 e. The van der Waals surface area contributed by atoms with E-state index in [1.54, 1.807) is 30.3 Å². The molecule has 0 unspecified atom stereocenters. The first kappa shape index (κ1) is 25.6. The molecule has 8 nitrogen and oxygen atoms in total. The third-order valence-corrected chi connectivity index (χ3v) is 4.95. The predicted octanol–water partition coefficient (Wildman–Crippen LogP) is 3.14. The van der Waals surface area contributed by atoms with Gasteiger partial charge >= 0.3 is 0 Å². The zero-order chi connectivity index (χ0) is 23.3. The Morgan fingerprint density at radius 3 is 2.50 bits per heavy atom. The average Bonchev–Trinajstić information content (AvgIpc) is 2.79. The second-order valence-corrected chi connectivity index (χ2v) is 7.67. The maximum Gasteiger partial charge on any atom is 0.276 e. The smallest absolute Gasteiger partial charge is 0.276 e. The van der Waals surface area contributed by atoms with E-state index < -0.39 is 11.8 Å². The highest BCUT2D eigenvalue weighted by molar-refractivity contribution is 9.10. The van der Waals surface area contributed by atoms with Gasteiger partial charge in [-0.2, -0.15) is 0 Å². The predicted molar refractivity (Wildman–Crippen MR) is 129 cm³/mol. The van der Waals surface area contributed by atoms with Crippen molar-refractivity contribution in [2.24, 2.45) is 0 Å². The number of aryl methyl sites for hydroxylation is 1. The van der Waals surface area contributed by atoms with Gasteiger partial charge in [0.05, 0.1) is 16.6 Å². The van der Waals surface area contributed by atoms with E-state index in [-0.39, 0.29) is 11.7 Å². The van der Waals surface area contributed by atoms with Crippen molar-refractivity contribution in [3.8, 4) is 11.5 Å². The molecule has 0 heterocycles. The lowest BCUT2D eigenvalue weighted by atomic mass is 10.2. The monoisotopic (exact) mass is 523 g/mol. The summed E-state index contributed by atoms with van der Waals surface area (Å²) in [5, 5.41) is 2.43. The largest absolute Gasteiger partial charge is 0.490 e. The number of halogens is 1. The Labute approximate surface area is 201 Å². The van der Waals surface area contributed by atoms with Crippen LogP contribution in [-0.2, 0) is 16.0 Å². The number of amides is 2. The molecule has 0 aliphatic rings. The van der Waals surface area contributed by atoms with Crippen LogP contribution < -0.4 is 25.6 Å². The molecule has 3 N–H and O–H groups in total. The van der Waals surface area contributed by atoms with Crippen LogP contribution in [0.4, 0.5) is 0 Å². The topological polar surface area (TPSA) is 97.9 Å². The second-order valence-electron chi connectivity index (χ2n) is 6.40. The van der Waals surface area contributed by atoms with Gasteiger partial charge in [-0.1, -0.05) is 25.1 Å². The average molecular weight is 524 g/mol. The maximum absolute atomic E-state index is 12.5. The molecule has 0 atom stereocenters. The zero-order valence-corrected chi connectivity index (χ0v) is 20.3. The normalized spacial score (nSPS) is 10.2. The molecule has 0 saturated heterocycles. The van der Waals surface area contributed by atoms with E-state index in [1.165, 1.54) is 0 Å². The lowest BCUT2D eigenvalue weighted by Gasteiger charge is -2.14. The first-order valence-corrected chi connectivity index (χ1v) is 11.3. The van der Waals surface area contributed by atoms with Crippen LogP contribution in [-0.4, -0.2) is 43.4 Å². The Morgan fingerprint density at radius 2 is 1.78 bits per heavy atom. The molecule has 0 aliphatic carbocycles. The van der Waals surface area contributed by atoms with Crippen molar-refractivity contribution in [3.63, 3.8) is 0 Å². The molecule has 2 amide bonds. The van der Waals surface area contributed by atoms with Gasteiger partial charge in [-0.3, -0.25) is 25.8 Å². The highest BCUT2D eigenvalue weighted by Gasteiger charge is 2.14. The zero-order valence-electron chi connectivity index (χ0n) is 17.9. The van der Waals surface area contributed by atoms with Crippen molar-refractivity contribution in [2.45, 2.75) is 20.3 Å². The fraction of sp³-hybridized carbons (Fsp3) is 0.318. The summed E-state index contributed by atoms with van der Waals surface area (Å²) in [5.41, 5.74) is 6.32. The Bertz CT molecular complexity index is 942. The van der Waals surface area contributed by atoms with Gasteiger partial charge in [-0.05, 0) is 71.3 Å². The molecule has 2 aromatic carbocycles. The summed E-state index contributed by atoms with van der Waals surface area (Å²) >= 11 is 8.49. The molecule has 0 aliphatic heterocycles. The Kier molecular flexibility index (Phi) is 10.9. The summed E-state index contributed by atoms with van der Waals surface area (Å²) in [6, 6.07) is 12.4. The first-order valence-electron chi connectivity index (χ1n) is 10.1. The van der Waals surface area contributed by atoms with Gasteiger partial charge < -0.3 is 14.2 Å². The quantitative estimate of drug-likeness (QED) is 0.250. The van der Waals surface area contributed by atoms with Crippen LogP contribution in [0, 0.1) is 0 Å². The van der Waals surface area contributed by atoms with Gasteiger partial charge in [0.2, 0.25) is 0 Å². The summed E-state index contributed by atoms with van der Waals surface area (Å²) in [6.07, 6.45) is 0.899. The summed E-state index contributed by atoms with van der Waals surface area (Å²) in [5.74, 6) is 0.0199. The minimum absolute atomic E-state index is 0.0686. The Balaban J connectivity index is 1.79. The molecule has 0 fully saturated rings. The van der Waals surface area contributed by atoms with E-state index in [0.29, 0.717) is 36.9 Å². The lowest BCUT2D eigenvalue weighted by Crippen LogP contribution is -2.49. The van der Waals surface area contributed by atoms with Gasteiger partial charge in [-0.15, -0.1) is 0 Å². The van der Waals surface area contributed by atoms with Crippen LogP contribution in [0.3, 0.4) is 0 Å². The molecule has 0 aromatic heterocycles. The maximum atomic E-state index is 12.5. The van der Waals surface area contributed by atoms with Crippen molar-refractivity contribution >= 4 is 45.1 Å². The number of nitrogens with one attached hydrogen (secondary N) is 3. The van der Waals surface area contributed by atoms with E-state index in [9.17, 15) is 9.59 Å². The van der Waals surface area contributed by atoms with E-state index >= 15 is 0 Å². The van der Waals surface area contributed by atoms with Crippen molar-refractivity contribution < 1.29 is 23.8 Å². The molecule has 2 aromatic rings. The summed E-state index contributed by atoms with van der Waals surface area (Å²) in [6.45, 7) is 5.03. The van der Waals surface area contributed by atoms with Gasteiger partial charge in [0.15, 0.2) is 11.7 Å². The van der Waals surface area contributed by atoms with Crippen molar-refractivity contribution in [1.29, 1.82) is 0 Å². The van der Waals surface area contributed by atoms with E-state index in [1.807, 2.05) is 19.1 Å². The third kappa shape index (κ3) is 8.45. The fourth-order valence-corrected chi connectivity index (χ4v) is 3.21. The SMILES string of the molecule is CCOCCOc1ccccc1C(=O)NC(=S)NNC(=O)COc1ccc(CC)cc1Br. The molecule has 32 heavy (non-hydrogen) atoms. The van der Waals surface area contributed by atoms with E-state index in [2.05, 4.69) is 39.0 Å². The van der Waals surface area contributed by atoms with Gasteiger partial charge in [0.1, 0.15) is 18.1 Å². The van der Waals surface area contributed by atoms with Crippen LogP contribution in [0.5, 0.6) is 11.5 Å². The number of thiocarbonyl (C=S) groups is 1. The number of carbonyl (C=O) groups excluding carboxylic acids is 2. The van der Waals surface area contributed by atoms with Gasteiger partial charge in [0, 0.05) is 6.61 Å². The molecule has 0 spiro atoms. The first-order chi connectivity index (χ1) is 15.4. The van der Waals surface area contributed by atoms with Crippen LogP contribution in [0.15, 0.2) is 46.9 Å². The van der Waals surface area contributed by atoms with Crippen LogP contribution in [0.25, 0.3) is 0 Å². The molecule has 2 rings (SSSR count). The van der Waals surface area contributed by atoms with Crippen molar-refractivity contribution in [1.82, 2.24) is 16.2 Å². The number of rotatable bonds is 10. The van der Waals surface area contributed by atoms with Crippen molar-refractivity contribution in [2.75, 3.05) is 26.4 Å². The number of ether oxygens (including phenoxy) is 3. The highest BCUT2D eigenvalue weighted by atomic mass is 79.9. The molecular weight excluding hydrogens is 498 g/mol. The van der Waals surface area contributed by atoms with Crippen LogP contribution in [0.2, 0.25) is 0 Å². The molecule has 172 valence electrons. The minimum atomic E-state index is -0.472. The number of para-hydroxylation sites is 1. The number of benzene rings is 2. The Morgan fingerprint density at radius 1 is 1.00 bits per heavy atom. The second kappa shape index (κ2) is 13.7. The summed E-state index contributed by atoms with van der Waals surface area (Å²) in [7, 11) is 0. The molecule has 0 bridgehead atoms. The number of carbonyl (C=O) groups is 2. The number of hydrazine groups is 1. The third-order valence-electron chi connectivity index (χ3n) is 4.13. The van der Waals surface area contributed by atoms with Crippen molar-refractivity contribution in [3.05, 3.63) is 58.1 Å². The van der Waals surface area contributed by atoms with Crippen LogP contribution >= 0.6 is 28.1 Å². The summed E-state index contributed by atoms with van der Waals surface area (Å²) < 4.78 is 17.1. The summed E-state index contributed by atoms with van der Waals surface area (Å²) in [4.78, 5) is 24.5. The number of hydrogen-bond donors (Lipinski definition) is 3. The lowest BCUT2D eigenvalue weighted by molar-refractivity contribution is -0.123. The van der Waals surface area contributed by atoms with Gasteiger partial charge in [-0.25, -0.2) is 0 Å². The standard InChI is InChI=1S/C22H26BrN3O5S/c1-3-15-9-10-19(17(23)13-15)31-14-20(27)25-26-22(32)24-21(28)16-7-5-6-8-18(16)30-12-11-29-4-2/h5-10,13H,3-4,11-12,14H2,1-2H3,(H,25,27)(H2,24,26,28,32). The molecule has 10 heteroatoms. The molecule has 0 radical (unpaired) electrons. The van der Waals surface area contributed by atoms with Crippen LogP contribution in [0.1, 0.15) is 29.8 Å². The van der Waals surface area contributed by atoms with E-state index in [4.69, 9.17) is 26.4 Å². The fourth-order valence-electron chi connectivity index (χ4n) is 2.52. The van der Waals surface area contributed by atoms with Gasteiger partial charge in [0.25, 0.3) is 11.8 Å². The number of hydrogen-bond acceptors (Lipinski definition) is 6. The highest BCUT2D eigenvalue weighted by Crippen LogP contribution is 2.26. The molecular formula is C22H26BrN3O5S. The van der Waals surface area contributed by atoms with E-state index in [0.717, 1.165) is 16.5 Å². The Hall–Kier alpha value is -2.69. The molecule has 0 saturated carbocycles.